The number of carbonyl (C=O) groups excluding carboxylic acids is 1. The predicted molar refractivity (Wildman–Crippen MR) is 75.4 cm³/mol. The molecule has 0 saturated heterocycles. The second-order valence-electron chi connectivity index (χ2n) is 5.27. The largest absolute Gasteiger partial charge is 0.381 e. The minimum Gasteiger partial charge on any atom is -0.381 e. The highest BCUT2D eigenvalue weighted by molar-refractivity contribution is 5.82. The van der Waals surface area contributed by atoms with Gasteiger partial charge in [0, 0.05) is 26.3 Å². The highest BCUT2D eigenvalue weighted by Crippen LogP contribution is 2.24. The van der Waals surface area contributed by atoms with Crippen LogP contribution in [0, 0.1) is 11.3 Å². The molecule has 0 heterocycles. The van der Waals surface area contributed by atoms with Crippen LogP contribution in [0.2, 0.25) is 0 Å². The van der Waals surface area contributed by atoms with Crippen LogP contribution < -0.4 is 11.1 Å². The lowest BCUT2D eigenvalue weighted by atomic mass is 9.81. The van der Waals surface area contributed by atoms with Gasteiger partial charge in [0.25, 0.3) is 0 Å². The first-order valence-corrected chi connectivity index (χ1v) is 7.08. The zero-order valence-corrected chi connectivity index (χ0v) is 12.4. The van der Waals surface area contributed by atoms with Crippen molar-refractivity contribution in [3.8, 4) is 0 Å². The molecular formula is C14H30N2O2. The molecule has 0 aliphatic heterocycles. The molecule has 0 bridgehead atoms. The molecule has 18 heavy (non-hydrogen) atoms. The molecule has 0 aromatic heterocycles. The molecule has 0 unspecified atom stereocenters. The number of ether oxygens (including phenoxy) is 1. The normalized spacial score (nSPS) is 11.9. The van der Waals surface area contributed by atoms with Crippen molar-refractivity contribution in [1.82, 2.24) is 5.32 Å². The first kappa shape index (κ1) is 17.4. The fourth-order valence-corrected chi connectivity index (χ4v) is 1.84. The van der Waals surface area contributed by atoms with E-state index < -0.39 is 5.41 Å². The molecule has 0 aromatic rings. The average Bonchev–Trinajstić information content (AvgIpc) is 2.36. The molecule has 0 aliphatic rings. The topological polar surface area (TPSA) is 64.4 Å². The SMILES string of the molecule is CCC(CC)(CN)C(=O)NCCCOCC(C)C. The van der Waals surface area contributed by atoms with Gasteiger partial charge in [0.05, 0.1) is 5.41 Å². The summed E-state index contributed by atoms with van der Waals surface area (Å²) in [6, 6.07) is 0. The van der Waals surface area contributed by atoms with Gasteiger partial charge in [0.2, 0.25) is 5.91 Å². The second-order valence-corrected chi connectivity index (χ2v) is 5.27. The van der Waals surface area contributed by atoms with Crippen LogP contribution in [0.4, 0.5) is 0 Å². The Bertz CT molecular complexity index is 218. The molecule has 0 fully saturated rings. The van der Waals surface area contributed by atoms with E-state index >= 15 is 0 Å². The maximum Gasteiger partial charge on any atom is 0.227 e. The van der Waals surface area contributed by atoms with Gasteiger partial charge < -0.3 is 15.8 Å². The fourth-order valence-electron chi connectivity index (χ4n) is 1.84. The number of amides is 1. The Morgan fingerprint density at radius 1 is 1.33 bits per heavy atom. The van der Waals surface area contributed by atoms with Crippen LogP contribution in [-0.2, 0) is 9.53 Å². The van der Waals surface area contributed by atoms with Gasteiger partial charge in [-0.05, 0) is 25.2 Å². The molecule has 0 rings (SSSR count). The van der Waals surface area contributed by atoms with Gasteiger partial charge in [-0.1, -0.05) is 27.7 Å². The smallest absolute Gasteiger partial charge is 0.227 e. The molecule has 4 nitrogen and oxygen atoms in total. The molecule has 0 radical (unpaired) electrons. The van der Waals surface area contributed by atoms with E-state index in [1.807, 2.05) is 13.8 Å². The zero-order valence-electron chi connectivity index (χ0n) is 12.4. The lowest BCUT2D eigenvalue weighted by Gasteiger charge is -2.28. The van der Waals surface area contributed by atoms with Gasteiger partial charge in [-0.2, -0.15) is 0 Å². The highest BCUT2D eigenvalue weighted by Gasteiger charge is 2.32. The summed E-state index contributed by atoms with van der Waals surface area (Å²) in [5.41, 5.74) is 5.34. The first-order valence-electron chi connectivity index (χ1n) is 7.08. The third-order valence-corrected chi connectivity index (χ3v) is 3.43. The van der Waals surface area contributed by atoms with Crippen LogP contribution in [-0.4, -0.2) is 32.2 Å². The molecule has 0 spiro atoms. The number of hydrogen-bond acceptors (Lipinski definition) is 3. The molecule has 0 aromatic carbocycles. The maximum atomic E-state index is 12.1. The fraction of sp³-hybridized carbons (Fsp3) is 0.929. The Morgan fingerprint density at radius 3 is 2.39 bits per heavy atom. The van der Waals surface area contributed by atoms with Crippen LogP contribution >= 0.6 is 0 Å². The van der Waals surface area contributed by atoms with Gasteiger partial charge in [-0.15, -0.1) is 0 Å². The minimum atomic E-state index is -0.390. The lowest BCUT2D eigenvalue weighted by molar-refractivity contribution is -0.131. The number of nitrogens with one attached hydrogen (secondary N) is 1. The number of rotatable bonds is 10. The molecule has 0 saturated carbocycles. The van der Waals surface area contributed by atoms with Gasteiger partial charge >= 0.3 is 0 Å². The standard InChI is InChI=1S/C14H30N2O2/c1-5-14(6-2,11-15)13(17)16-8-7-9-18-10-12(3)4/h12H,5-11,15H2,1-4H3,(H,16,17). The summed E-state index contributed by atoms with van der Waals surface area (Å²) in [6.07, 6.45) is 2.43. The Morgan fingerprint density at radius 2 is 1.94 bits per heavy atom. The van der Waals surface area contributed by atoms with E-state index in [9.17, 15) is 4.79 Å². The van der Waals surface area contributed by atoms with Crippen molar-refractivity contribution in [3.63, 3.8) is 0 Å². The third kappa shape index (κ3) is 5.83. The van der Waals surface area contributed by atoms with E-state index in [-0.39, 0.29) is 5.91 Å². The van der Waals surface area contributed by atoms with Crippen molar-refractivity contribution in [1.29, 1.82) is 0 Å². The molecular weight excluding hydrogens is 228 g/mol. The van der Waals surface area contributed by atoms with Gasteiger partial charge in [-0.25, -0.2) is 0 Å². The quantitative estimate of drug-likeness (QED) is 0.589. The Balaban J connectivity index is 3.82. The molecule has 108 valence electrons. The van der Waals surface area contributed by atoms with Gasteiger partial charge in [-0.3, -0.25) is 4.79 Å². The maximum absolute atomic E-state index is 12.1. The van der Waals surface area contributed by atoms with E-state index in [1.165, 1.54) is 0 Å². The molecule has 1 amide bonds. The van der Waals surface area contributed by atoms with Crippen molar-refractivity contribution < 1.29 is 9.53 Å². The highest BCUT2D eigenvalue weighted by atomic mass is 16.5. The number of carbonyl (C=O) groups is 1. The molecule has 0 aliphatic carbocycles. The second kappa shape index (κ2) is 9.34. The Kier molecular flexibility index (Phi) is 9.02. The predicted octanol–water partition coefficient (Wildman–Crippen LogP) is 1.93. The zero-order chi connectivity index (χ0) is 14.0. The van der Waals surface area contributed by atoms with Crippen molar-refractivity contribution in [3.05, 3.63) is 0 Å². The van der Waals surface area contributed by atoms with Crippen molar-refractivity contribution >= 4 is 5.91 Å². The van der Waals surface area contributed by atoms with Gasteiger partial charge in [0.15, 0.2) is 0 Å². The molecule has 4 heteroatoms. The monoisotopic (exact) mass is 258 g/mol. The van der Waals surface area contributed by atoms with E-state index in [2.05, 4.69) is 19.2 Å². The van der Waals surface area contributed by atoms with Crippen LogP contribution in [0.25, 0.3) is 0 Å². The lowest BCUT2D eigenvalue weighted by Crippen LogP contribution is -2.45. The van der Waals surface area contributed by atoms with Crippen LogP contribution in [0.3, 0.4) is 0 Å². The summed E-state index contributed by atoms with van der Waals surface area (Å²) in [4.78, 5) is 12.1. The molecule has 3 N–H and O–H groups in total. The summed E-state index contributed by atoms with van der Waals surface area (Å²) < 4.78 is 5.47. The Labute approximate surface area is 112 Å². The summed E-state index contributed by atoms with van der Waals surface area (Å²) >= 11 is 0. The van der Waals surface area contributed by atoms with Crippen molar-refractivity contribution in [2.24, 2.45) is 17.1 Å². The van der Waals surface area contributed by atoms with E-state index in [0.29, 0.717) is 25.6 Å². The Hall–Kier alpha value is -0.610. The summed E-state index contributed by atoms with van der Waals surface area (Å²) in [5.74, 6) is 0.642. The van der Waals surface area contributed by atoms with Crippen LogP contribution in [0.1, 0.15) is 47.0 Å². The number of nitrogens with two attached hydrogens (primary N) is 1. The summed E-state index contributed by atoms with van der Waals surface area (Å²) in [6.45, 7) is 10.8. The van der Waals surface area contributed by atoms with Crippen LogP contribution in [0.5, 0.6) is 0 Å². The van der Waals surface area contributed by atoms with E-state index in [1.54, 1.807) is 0 Å². The summed E-state index contributed by atoms with van der Waals surface area (Å²) in [7, 11) is 0. The van der Waals surface area contributed by atoms with Crippen LogP contribution in [0.15, 0.2) is 0 Å². The van der Waals surface area contributed by atoms with E-state index in [4.69, 9.17) is 10.5 Å². The van der Waals surface area contributed by atoms with Crippen molar-refractivity contribution in [2.45, 2.75) is 47.0 Å². The number of hydrogen-bond donors (Lipinski definition) is 2. The minimum absolute atomic E-state index is 0.0823. The van der Waals surface area contributed by atoms with E-state index in [0.717, 1.165) is 25.9 Å². The van der Waals surface area contributed by atoms with Crippen molar-refractivity contribution in [2.75, 3.05) is 26.3 Å². The third-order valence-electron chi connectivity index (χ3n) is 3.43. The summed E-state index contributed by atoms with van der Waals surface area (Å²) in [5, 5.41) is 2.97. The first-order chi connectivity index (χ1) is 8.52. The van der Waals surface area contributed by atoms with Gasteiger partial charge in [0.1, 0.15) is 0 Å². The molecule has 0 atom stereocenters. The average molecular weight is 258 g/mol.